The molecule has 0 saturated carbocycles. The molecule has 23 heavy (non-hydrogen) atoms. The first-order chi connectivity index (χ1) is 10.7. The molecule has 3 nitrogen and oxygen atoms in total. The predicted molar refractivity (Wildman–Crippen MR) is 92.6 cm³/mol. The van der Waals surface area contributed by atoms with Crippen molar-refractivity contribution in [2.24, 2.45) is 0 Å². The summed E-state index contributed by atoms with van der Waals surface area (Å²) in [5, 5.41) is 2.16. The predicted octanol–water partition coefficient (Wildman–Crippen LogP) is 4.39. The van der Waals surface area contributed by atoms with E-state index in [4.69, 9.17) is 12.2 Å². The molecule has 0 unspecified atom stereocenters. The number of carbonyl (C=O) groups is 1. The summed E-state index contributed by atoms with van der Waals surface area (Å²) in [6.07, 6.45) is -4.39. The van der Waals surface area contributed by atoms with Gasteiger partial charge in [0.25, 0.3) is 0 Å². The summed E-state index contributed by atoms with van der Waals surface area (Å²) in [7, 11) is 0. The average molecular weight is 364 g/mol. The van der Waals surface area contributed by atoms with Gasteiger partial charge in [-0.2, -0.15) is 13.2 Å². The minimum absolute atomic E-state index is 0.302. The molecule has 0 aliphatic rings. The molecule has 1 N–H and O–H groups in total. The second-order valence-electron chi connectivity index (χ2n) is 4.76. The van der Waals surface area contributed by atoms with E-state index in [0.29, 0.717) is 10.0 Å². The Labute approximate surface area is 143 Å². The number of nitrogens with one attached hydrogen (secondary N) is 1. The van der Waals surface area contributed by atoms with Gasteiger partial charge in [-0.15, -0.1) is 0 Å². The molecule has 0 bridgehead atoms. The van der Waals surface area contributed by atoms with E-state index in [9.17, 15) is 18.0 Å². The number of hydrogen-bond acceptors (Lipinski definition) is 3. The van der Waals surface area contributed by atoms with Crippen LogP contribution in [0.5, 0.6) is 0 Å². The Morgan fingerprint density at radius 1 is 1.26 bits per heavy atom. The Bertz CT molecular complexity index is 543. The van der Waals surface area contributed by atoms with Gasteiger partial charge in [-0.3, -0.25) is 4.79 Å². The number of anilines is 1. The van der Waals surface area contributed by atoms with Crippen LogP contribution in [0.25, 0.3) is 0 Å². The largest absolute Gasteiger partial charge is 0.416 e. The number of rotatable bonds is 5. The number of nitrogens with zero attached hydrogens (tertiary/aromatic N) is 1. The standard InChI is InChI=1S/C15H19F3N2OS2/c1-4-20(5-2)14(22)23-10(3)13(21)19-12-8-6-11(7-9-12)15(16,17)18/h6-10H,4-5H2,1-3H3,(H,19,21)/t10-/m1/s1. The van der Waals surface area contributed by atoms with Gasteiger partial charge in [-0.25, -0.2) is 0 Å². The number of halogens is 3. The SMILES string of the molecule is CCN(CC)C(=S)S[C@H](C)C(=O)Nc1ccc(C(F)(F)F)cc1. The van der Waals surface area contributed by atoms with Crippen LogP contribution in [-0.4, -0.2) is 33.5 Å². The van der Waals surface area contributed by atoms with E-state index in [2.05, 4.69) is 5.32 Å². The fourth-order valence-electron chi connectivity index (χ4n) is 1.75. The zero-order valence-corrected chi connectivity index (χ0v) is 14.7. The highest BCUT2D eigenvalue weighted by Crippen LogP contribution is 2.30. The molecule has 1 rings (SSSR count). The first-order valence-corrected chi connectivity index (χ1v) is 8.41. The van der Waals surface area contributed by atoms with Crippen molar-refractivity contribution in [1.82, 2.24) is 4.90 Å². The number of amides is 1. The van der Waals surface area contributed by atoms with E-state index >= 15 is 0 Å². The van der Waals surface area contributed by atoms with Crippen LogP contribution in [0.1, 0.15) is 26.3 Å². The summed E-state index contributed by atoms with van der Waals surface area (Å²) in [6.45, 7) is 7.18. The van der Waals surface area contributed by atoms with Gasteiger partial charge in [0.15, 0.2) is 0 Å². The number of thioether (sulfide) groups is 1. The van der Waals surface area contributed by atoms with E-state index in [1.165, 1.54) is 23.9 Å². The van der Waals surface area contributed by atoms with Crippen LogP contribution in [0, 0.1) is 0 Å². The van der Waals surface area contributed by atoms with E-state index in [-0.39, 0.29) is 5.91 Å². The molecule has 0 aromatic heterocycles. The van der Waals surface area contributed by atoms with Gasteiger partial charge in [-0.05, 0) is 45.0 Å². The van der Waals surface area contributed by atoms with Gasteiger partial charge in [-0.1, -0.05) is 24.0 Å². The van der Waals surface area contributed by atoms with Crippen molar-refractivity contribution in [2.75, 3.05) is 18.4 Å². The highest BCUT2D eigenvalue weighted by atomic mass is 32.2. The van der Waals surface area contributed by atoms with E-state index in [0.717, 1.165) is 25.2 Å². The summed E-state index contributed by atoms with van der Waals surface area (Å²) >= 11 is 6.53. The molecule has 8 heteroatoms. The smallest absolute Gasteiger partial charge is 0.358 e. The third-order valence-electron chi connectivity index (χ3n) is 3.15. The van der Waals surface area contributed by atoms with Gasteiger partial charge in [0.1, 0.15) is 4.32 Å². The molecular weight excluding hydrogens is 345 g/mol. The summed E-state index contributed by atoms with van der Waals surface area (Å²) in [5.41, 5.74) is -0.426. The molecule has 0 aliphatic heterocycles. The van der Waals surface area contributed by atoms with Crippen LogP contribution in [-0.2, 0) is 11.0 Å². The van der Waals surface area contributed by atoms with E-state index in [1.54, 1.807) is 6.92 Å². The third kappa shape index (κ3) is 6.02. The molecule has 0 saturated heterocycles. The van der Waals surface area contributed by atoms with Gasteiger partial charge in [0.2, 0.25) is 5.91 Å². The van der Waals surface area contributed by atoms with Crippen LogP contribution in [0.2, 0.25) is 0 Å². The Hall–Kier alpha value is -1.28. The second-order valence-corrected chi connectivity index (χ2v) is 6.74. The lowest BCUT2D eigenvalue weighted by molar-refractivity contribution is -0.137. The topological polar surface area (TPSA) is 32.3 Å². The molecule has 0 heterocycles. The van der Waals surface area contributed by atoms with Gasteiger partial charge in [0, 0.05) is 18.8 Å². The zero-order valence-electron chi connectivity index (χ0n) is 13.1. The van der Waals surface area contributed by atoms with Crippen molar-refractivity contribution in [3.8, 4) is 0 Å². The maximum absolute atomic E-state index is 12.5. The van der Waals surface area contributed by atoms with Crippen LogP contribution in [0.4, 0.5) is 18.9 Å². The van der Waals surface area contributed by atoms with Crippen LogP contribution in [0.15, 0.2) is 24.3 Å². The number of hydrogen-bond donors (Lipinski definition) is 1. The molecule has 1 atom stereocenters. The molecule has 0 fully saturated rings. The van der Waals surface area contributed by atoms with Crippen molar-refractivity contribution >= 4 is 39.9 Å². The lowest BCUT2D eigenvalue weighted by Gasteiger charge is -2.22. The first kappa shape index (κ1) is 19.8. The molecular formula is C15H19F3N2OS2. The first-order valence-electron chi connectivity index (χ1n) is 7.12. The normalized spacial score (nSPS) is 12.6. The molecule has 0 radical (unpaired) electrons. The quantitative estimate of drug-likeness (QED) is 0.786. The summed E-state index contributed by atoms with van der Waals surface area (Å²) in [5.74, 6) is -0.302. The molecule has 128 valence electrons. The van der Waals surface area contributed by atoms with Gasteiger partial charge >= 0.3 is 6.18 Å². The van der Waals surface area contributed by atoms with Crippen molar-refractivity contribution in [1.29, 1.82) is 0 Å². The molecule has 1 aromatic carbocycles. The molecule has 1 aromatic rings. The summed E-state index contributed by atoms with van der Waals surface area (Å²) < 4.78 is 38.1. The Morgan fingerprint density at radius 3 is 2.22 bits per heavy atom. The average Bonchev–Trinajstić information content (AvgIpc) is 2.48. The fourth-order valence-corrected chi connectivity index (χ4v) is 3.31. The van der Waals surface area contributed by atoms with Crippen LogP contribution in [0.3, 0.4) is 0 Å². The lowest BCUT2D eigenvalue weighted by atomic mass is 10.2. The Balaban J connectivity index is 2.63. The van der Waals surface area contributed by atoms with Crippen LogP contribution >= 0.6 is 24.0 Å². The maximum atomic E-state index is 12.5. The number of carbonyl (C=O) groups excluding carboxylic acids is 1. The van der Waals surface area contributed by atoms with Crippen molar-refractivity contribution in [3.63, 3.8) is 0 Å². The minimum Gasteiger partial charge on any atom is -0.358 e. The molecule has 0 aliphatic carbocycles. The minimum atomic E-state index is -4.39. The van der Waals surface area contributed by atoms with E-state index in [1.807, 2.05) is 18.7 Å². The number of thiocarbonyl (C=S) groups is 1. The van der Waals surface area contributed by atoms with Crippen molar-refractivity contribution < 1.29 is 18.0 Å². The number of alkyl halides is 3. The Morgan fingerprint density at radius 2 is 1.78 bits per heavy atom. The summed E-state index contributed by atoms with van der Waals surface area (Å²) in [6, 6.07) is 4.35. The summed E-state index contributed by atoms with van der Waals surface area (Å²) in [4.78, 5) is 14.1. The monoisotopic (exact) mass is 364 g/mol. The number of benzene rings is 1. The third-order valence-corrected chi connectivity index (χ3v) is 4.72. The van der Waals surface area contributed by atoms with Gasteiger partial charge < -0.3 is 10.2 Å². The maximum Gasteiger partial charge on any atom is 0.416 e. The Kier molecular flexibility index (Phi) is 7.34. The van der Waals surface area contributed by atoms with Crippen LogP contribution < -0.4 is 5.32 Å². The highest BCUT2D eigenvalue weighted by molar-refractivity contribution is 8.23. The fraction of sp³-hybridized carbons (Fsp3) is 0.467. The van der Waals surface area contributed by atoms with Crippen molar-refractivity contribution in [2.45, 2.75) is 32.2 Å². The van der Waals surface area contributed by atoms with Gasteiger partial charge in [0.05, 0.1) is 10.8 Å². The molecule has 1 amide bonds. The molecule has 0 spiro atoms. The van der Waals surface area contributed by atoms with E-state index < -0.39 is 17.0 Å². The van der Waals surface area contributed by atoms with Crippen molar-refractivity contribution in [3.05, 3.63) is 29.8 Å². The lowest BCUT2D eigenvalue weighted by Crippen LogP contribution is -2.31. The zero-order chi connectivity index (χ0) is 17.6. The highest BCUT2D eigenvalue weighted by Gasteiger charge is 2.30. The second kappa shape index (κ2) is 8.54.